The summed E-state index contributed by atoms with van der Waals surface area (Å²) in [5.41, 5.74) is 4.05. The first kappa shape index (κ1) is 14.6. The van der Waals surface area contributed by atoms with Gasteiger partial charge in [-0.05, 0) is 43.7 Å². The van der Waals surface area contributed by atoms with Gasteiger partial charge in [0, 0.05) is 17.3 Å². The molecule has 102 valence electrons. The highest BCUT2D eigenvalue weighted by Gasteiger charge is 2.14. The first-order chi connectivity index (χ1) is 9.10. The number of benzene rings is 1. The fourth-order valence-corrected chi connectivity index (χ4v) is 3.47. The average Bonchev–Trinajstić information content (AvgIpc) is 2.77. The number of hydrogen-bond donors (Lipinski definition) is 1. The fraction of sp³-hybridized carbons (Fsp3) is 0.375. The lowest BCUT2D eigenvalue weighted by Gasteiger charge is -2.20. The van der Waals surface area contributed by atoms with E-state index in [9.17, 15) is 0 Å². The van der Waals surface area contributed by atoms with Crippen molar-refractivity contribution in [3.05, 3.63) is 56.2 Å². The Labute approximate surface area is 124 Å². The molecule has 1 N–H and O–H groups in total. The van der Waals surface area contributed by atoms with Crippen LogP contribution in [0, 0.1) is 13.8 Å². The predicted molar refractivity (Wildman–Crippen MR) is 85.4 cm³/mol. The molecule has 0 amide bonds. The monoisotopic (exact) mass is 293 g/mol. The molecule has 2 aromatic rings. The largest absolute Gasteiger partial charge is 0.310 e. The quantitative estimate of drug-likeness (QED) is 0.826. The van der Waals surface area contributed by atoms with E-state index >= 15 is 0 Å². The van der Waals surface area contributed by atoms with Gasteiger partial charge in [-0.15, -0.1) is 11.3 Å². The first-order valence-electron chi connectivity index (χ1n) is 6.65. The maximum Gasteiger partial charge on any atom is 0.0931 e. The van der Waals surface area contributed by atoms with Crippen LogP contribution < -0.4 is 5.32 Å². The van der Waals surface area contributed by atoms with Crippen molar-refractivity contribution in [1.29, 1.82) is 0 Å². The van der Waals surface area contributed by atoms with Gasteiger partial charge in [-0.1, -0.05) is 42.3 Å². The Morgan fingerprint density at radius 1 is 1.21 bits per heavy atom. The third-order valence-corrected chi connectivity index (χ3v) is 4.55. The van der Waals surface area contributed by atoms with Crippen molar-refractivity contribution in [3.63, 3.8) is 0 Å². The Balaban J connectivity index is 2.26. The molecule has 0 spiro atoms. The highest BCUT2D eigenvalue weighted by atomic mass is 35.5. The van der Waals surface area contributed by atoms with Crippen LogP contribution in [0.5, 0.6) is 0 Å². The van der Waals surface area contributed by atoms with Crippen LogP contribution in [0.2, 0.25) is 4.34 Å². The standard InChI is InChI=1S/C16H20ClNS/c1-4-18-15(10-13-7-8-16(17)19-13)14-9-11(2)5-6-12(14)3/h5-9,15,18H,4,10H2,1-3H3. The molecule has 0 fully saturated rings. The van der Waals surface area contributed by atoms with Crippen molar-refractivity contribution in [1.82, 2.24) is 5.32 Å². The van der Waals surface area contributed by atoms with Crippen LogP contribution in [0.15, 0.2) is 30.3 Å². The SMILES string of the molecule is CCNC(Cc1ccc(Cl)s1)c1cc(C)ccc1C. The first-order valence-corrected chi connectivity index (χ1v) is 7.84. The van der Waals surface area contributed by atoms with Crippen LogP contribution in [-0.4, -0.2) is 6.54 Å². The maximum absolute atomic E-state index is 6.02. The summed E-state index contributed by atoms with van der Waals surface area (Å²) in [7, 11) is 0. The van der Waals surface area contributed by atoms with Crippen molar-refractivity contribution in [2.75, 3.05) is 6.54 Å². The van der Waals surface area contributed by atoms with Crippen LogP contribution >= 0.6 is 22.9 Å². The molecule has 0 aliphatic heterocycles. The molecule has 0 radical (unpaired) electrons. The van der Waals surface area contributed by atoms with E-state index in [-0.39, 0.29) is 0 Å². The second-order valence-electron chi connectivity index (χ2n) is 4.88. The van der Waals surface area contributed by atoms with Gasteiger partial charge in [0.2, 0.25) is 0 Å². The van der Waals surface area contributed by atoms with E-state index in [2.05, 4.69) is 50.4 Å². The van der Waals surface area contributed by atoms with Crippen molar-refractivity contribution in [3.8, 4) is 0 Å². The Morgan fingerprint density at radius 2 is 2.00 bits per heavy atom. The van der Waals surface area contributed by atoms with Crippen LogP contribution in [0.1, 0.15) is 34.5 Å². The van der Waals surface area contributed by atoms with E-state index in [1.807, 2.05) is 6.07 Å². The third kappa shape index (κ3) is 3.82. The lowest BCUT2D eigenvalue weighted by molar-refractivity contribution is 0.550. The lowest BCUT2D eigenvalue weighted by atomic mass is 9.96. The fourth-order valence-electron chi connectivity index (χ4n) is 2.34. The molecule has 1 unspecified atom stereocenters. The number of thiophene rings is 1. The minimum Gasteiger partial charge on any atom is -0.310 e. The molecule has 1 heterocycles. The summed E-state index contributed by atoms with van der Waals surface area (Å²) >= 11 is 7.69. The van der Waals surface area contributed by atoms with Gasteiger partial charge in [0.15, 0.2) is 0 Å². The van der Waals surface area contributed by atoms with E-state index in [1.165, 1.54) is 21.6 Å². The number of hydrogen-bond acceptors (Lipinski definition) is 2. The topological polar surface area (TPSA) is 12.0 Å². The molecular weight excluding hydrogens is 274 g/mol. The number of aryl methyl sites for hydroxylation is 2. The molecule has 2 rings (SSSR count). The number of nitrogens with one attached hydrogen (secondary N) is 1. The van der Waals surface area contributed by atoms with Gasteiger partial charge in [-0.25, -0.2) is 0 Å². The average molecular weight is 294 g/mol. The Bertz CT molecular complexity index is 547. The maximum atomic E-state index is 6.02. The molecular formula is C16H20ClNS. The minimum absolute atomic E-state index is 0.361. The molecule has 1 atom stereocenters. The van der Waals surface area contributed by atoms with Crippen molar-refractivity contribution in [2.45, 2.75) is 33.2 Å². The Kier molecular flexibility index (Phi) is 5.03. The van der Waals surface area contributed by atoms with E-state index < -0.39 is 0 Å². The summed E-state index contributed by atoms with van der Waals surface area (Å²) in [6, 6.07) is 11.1. The summed E-state index contributed by atoms with van der Waals surface area (Å²) in [4.78, 5) is 1.33. The van der Waals surface area contributed by atoms with E-state index in [0.29, 0.717) is 6.04 Å². The zero-order valence-corrected chi connectivity index (χ0v) is 13.2. The molecule has 0 saturated carbocycles. The summed E-state index contributed by atoms with van der Waals surface area (Å²) < 4.78 is 0.867. The highest BCUT2D eigenvalue weighted by Crippen LogP contribution is 2.28. The molecule has 1 nitrogen and oxygen atoms in total. The van der Waals surface area contributed by atoms with Gasteiger partial charge < -0.3 is 5.32 Å². The molecule has 0 bridgehead atoms. The summed E-state index contributed by atoms with van der Waals surface area (Å²) in [6.45, 7) is 7.45. The van der Waals surface area contributed by atoms with Crippen molar-refractivity contribution in [2.24, 2.45) is 0 Å². The van der Waals surface area contributed by atoms with E-state index in [1.54, 1.807) is 11.3 Å². The number of likely N-dealkylation sites (N-methyl/N-ethyl adjacent to an activating group) is 1. The highest BCUT2D eigenvalue weighted by molar-refractivity contribution is 7.16. The van der Waals surface area contributed by atoms with Gasteiger partial charge in [0.1, 0.15) is 0 Å². The molecule has 19 heavy (non-hydrogen) atoms. The van der Waals surface area contributed by atoms with Crippen molar-refractivity contribution < 1.29 is 0 Å². The van der Waals surface area contributed by atoms with Crippen LogP contribution in [0.25, 0.3) is 0 Å². The predicted octanol–water partition coefficient (Wildman–Crippen LogP) is 4.91. The van der Waals surface area contributed by atoms with E-state index in [0.717, 1.165) is 17.3 Å². The van der Waals surface area contributed by atoms with Gasteiger partial charge in [-0.2, -0.15) is 0 Å². The van der Waals surface area contributed by atoms with Gasteiger partial charge >= 0.3 is 0 Å². The Hall–Kier alpha value is -0.830. The lowest BCUT2D eigenvalue weighted by Crippen LogP contribution is -2.23. The smallest absolute Gasteiger partial charge is 0.0931 e. The van der Waals surface area contributed by atoms with Crippen LogP contribution in [0.4, 0.5) is 0 Å². The summed E-state index contributed by atoms with van der Waals surface area (Å²) in [6.07, 6.45) is 0.996. The molecule has 1 aromatic carbocycles. The number of rotatable bonds is 5. The summed E-state index contributed by atoms with van der Waals surface area (Å²) in [5.74, 6) is 0. The second kappa shape index (κ2) is 6.56. The molecule has 0 saturated heterocycles. The second-order valence-corrected chi connectivity index (χ2v) is 6.68. The number of halogens is 1. The zero-order chi connectivity index (χ0) is 13.8. The summed E-state index contributed by atoms with van der Waals surface area (Å²) in [5, 5.41) is 3.59. The zero-order valence-electron chi connectivity index (χ0n) is 11.7. The normalized spacial score (nSPS) is 12.6. The molecule has 3 heteroatoms. The molecule has 0 aliphatic carbocycles. The van der Waals surface area contributed by atoms with Crippen LogP contribution in [0.3, 0.4) is 0 Å². The van der Waals surface area contributed by atoms with Crippen LogP contribution in [-0.2, 0) is 6.42 Å². The Morgan fingerprint density at radius 3 is 2.63 bits per heavy atom. The van der Waals surface area contributed by atoms with Gasteiger partial charge in [0.05, 0.1) is 4.34 Å². The van der Waals surface area contributed by atoms with Gasteiger partial charge in [-0.3, -0.25) is 0 Å². The minimum atomic E-state index is 0.361. The van der Waals surface area contributed by atoms with Gasteiger partial charge in [0.25, 0.3) is 0 Å². The molecule has 0 aliphatic rings. The van der Waals surface area contributed by atoms with Crippen molar-refractivity contribution >= 4 is 22.9 Å². The van der Waals surface area contributed by atoms with E-state index in [4.69, 9.17) is 11.6 Å². The molecule has 1 aromatic heterocycles. The third-order valence-electron chi connectivity index (χ3n) is 3.29.